The topological polar surface area (TPSA) is 16.8 Å². The molecule has 3 aliphatic rings. The van der Waals surface area contributed by atoms with E-state index in [4.69, 9.17) is 11.4 Å². The fourth-order valence-corrected chi connectivity index (χ4v) is 3.03. The van der Waals surface area contributed by atoms with Gasteiger partial charge in [-0.1, -0.05) is 18.6 Å². The Morgan fingerprint density at radius 3 is 2.60 bits per heavy atom. The maximum absolute atomic E-state index is 7.47. The van der Waals surface area contributed by atoms with Crippen LogP contribution in [-0.2, 0) is 4.84 Å². The SMILES string of the molecule is [C-]#[N+]C1(N2OC3C=CC2C3)CCCCC1. The molecule has 3 heteroatoms. The van der Waals surface area contributed by atoms with Crippen LogP contribution in [-0.4, -0.2) is 22.9 Å². The second-order valence-electron chi connectivity index (χ2n) is 4.81. The highest BCUT2D eigenvalue weighted by molar-refractivity contribution is 5.14. The Balaban J connectivity index is 1.85. The Bertz CT molecular complexity index is 325. The third kappa shape index (κ3) is 1.32. The summed E-state index contributed by atoms with van der Waals surface area (Å²) in [7, 11) is 0. The average molecular weight is 204 g/mol. The van der Waals surface area contributed by atoms with Crippen LogP contribution in [0.3, 0.4) is 0 Å². The normalized spacial score (nSPS) is 38.1. The highest BCUT2D eigenvalue weighted by Gasteiger charge is 2.53. The maximum atomic E-state index is 7.47. The standard InChI is InChI=1S/C12H16N2O/c1-13-12(7-3-2-4-8-12)14-10-5-6-11(9-10)15-14/h5-6,10-11H,2-4,7-9H2. The van der Waals surface area contributed by atoms with Crippen LogP contribution in [0.5, 0.6) is 0 Å². The molecule has 1 heterocycles. The largest absolute Gasteiger partial charge is 0.309 e. The van der Waals surface area contributed by atoms with Gasteiger partial charge in [-0.15, -0.1) is 5.06 Å². The third-order valence-electron chi connectivity index (χ3n) is 3.84. The van der Waals surface area contributed by atoms with Crippen molar-refractivity contribution in [3.63, 3.8) is 0 Å². The molecule has 2 aliphatic carbocycles. The van der Waals surface area contributed by atoms with Crippen molar-refractivity contribution < 1.29 is 4.84 Å². The molecule has 2 fully saturated rings. The maximum Gasteiger partial charge on any atom is 0.309 e. The molecule has 0 amide bonds. The minimum atomic E-state index is -0.345. The van der Waals surface area contributed by atoms with Gasteiger partial charge in [-0.2, -0.15) is 0 Å². The zero-order valence-corrected chi connectivity index (χ0v) is 8.85. The monoisotopic (exact) mass is 204 g/mol. The van der Waals surface area contributed by atoms with E-state index in [1.807, 2.05) is 5.06 Å². The van der Waals surface area contributed by atoms with Gasteiger partial charge < -0.3 is 0 Å². The fourth-order valence-electron chi connectivity index (χ4n) is 3.03. The number of fused-ring (bicyclic) bond motifs is 2. The molecule has 80 valence electrons. The van der Waals surface area contributed by atoms with Gasteiger partial charge in [-0.25, -0.2) is 6.57 Å². The number of hydrogen-bond acceptors (Lipinski definition) is 2. The van der Waals surface area contributed by atoms with Gasteiger partial charge in [-0.3, -0.25) is 9.68 Å². The lowest BCUT2D eigenvalue weighted by Gasteiger charge is -2.36. The summed E-state index contributed by atoms with van der Waals surface area (Å²) in [6.45, 7) is 7.47. The third-order valence-corrected chi connectivity index (χ3v) is 3.84. The lowest BCUT2D eigenvalue weighted by atomic mass is 9.88. The molecule has 2 atom stereocenters. The van der Waals surface area contributed by atoms with Crippen molar-refractivity contribution in [2.75, 3.05) is 0 Å². The Kier molecular flexibility index (Phi) is 2.08. The molecule has 0 N–H and O–H groups in total. The van der Waals surface area contributed by atoms with Gasteiger partial charge in [0.25, 0.3) is 0 Å². The van der Waals surface area contributed by atoms with E-state index >= 15 is 0 Å². The summed E-state index contributed by atoms with van der Waals surface area (Å²) >= 11 is 0. The molecule has 0 aromatic carbocycles. The van der Waals surface area contributed by atoms with Gasteiger partial charge in [0.05, 0.1) is 12.1 Å². The van der Waals surface area contributed by atoms with Crippen LogP contribution < -0.4 is 0 Å². The van der Waals surface area contributed by atoms with E-state index in [0.29, 0.717) is 6.04 Å². The second kappa shape index (κ2) is 3.33. The summed E-state index contributed by atoms with van der Waals surface area (Å²) in [6, 6.07) is 0.363. The zero-order chi connectivity index (χ0) is 10.3. The van der Waals surface area contributed by atoms with Crippen molar-refractivity contribution in [2.24, 2.45) is 0 Å². The number of rotatable bonds is 1. The van der Waals surface area contributed by atoms with Crippen LogP contribution >= 0.6 is 0 Å². The number of hydrogen-bond donors (Lipinski definition) is 0. The van der Waals surface area contributed by atoms with E-state index in [9.17, 15) is 0 Å². The van der Waals surface area contributed by atoms with Crippen LogP contribution in [0.15, 0.2) is 12.2 Å². The molecule has 2 bridgehead atoms. The van der Waals surface area contributed by atoms with E-state index in [0.717, 1.165) is 19.3 Å². The van der Waals surface area contributed by atoms with Crippen LogP contribution in [0.4, 0.5) is 0 Å². The molecule has 2 unspecified atom stereocenters. The van der Waals surface area contributed by atoms with Crippen molar-refractivity contribution in [1.29, 1.82) is 0 Å². The van der Waals surface area contributed by atoms with Gasteiger partial charge in [0.1, 0.15) is 0 Å². The first-order valence-corrected chi connectivity index (χ1v) is 5.87. The molecular weight excluding hydrogens is 188 g/mol. The minimum absolute atomic E-state index is 0.246. The molecule has 3 nitrogen and oxygen atoms in total. The Labute approximate surface area is 90.5 Å². The molecule has 1 saturated heterocycles. The van der Waals surface area contributed by atoms with Gasteiger partial charge >= 0.3 is 5.66 Å². The summed E-state index contributed by atoms with van der Waals surface area (Å²) in [5, 5.41) is 2.00. The molecule has 1 saturated carbocycles. The molecule has 1 aliphatic heterocycles. The van der Waals surface area contributed by atoms with E-state index in [1.165, 1.54) is 19.3 Å². The predicted molar refractivity (Wildman–Crippen MR) is 56.7 cm³/mol. The summed E-state index contributed by atoms with van der Waals surface area (Å²) in [6.07, 6.45) is 11.2. The first-order valence-electron chi connectivity index (χ1n) is 5.87. The van der Waals surface area contributed by atoms with Crippen molar-refractivity contribution in [3.8, 4) is 0 Å². The van der Waals surface area contributed by atoms with Crippen LogP contribution in [0.1, 0.15) is 38.5 Å². The number of hydroxylamine groups is 2. The summed E-state index contributed by atoms with van der Waals surface area (Å²) < 4.78 is 0. The van der Waals surface area contributed by atoms with Gasteiger partial charge in [0, 0.05) is 19.3 Å². The summed E-state index contributed by atoms with van der Waals surface area (Å²) in [5.74, 6) is 0. The van der Waals surface area contributed by atoms with Crippen molar-refractivity contribution in [3.05, 3.63) is 23.6 Å². The summed E-state index contributed by atoms with van der Waals surface area (Å²) in [5.41, 5.74) is -0.345. The molecule has 0 radical (unpaired) electrons. The fraction of sp³-hybridized carbons (Fsp3) is 0.750. The van der Waals surface area contributed by atoms with Crippen LogP contribution in [0.25, 0.3) is 4.85 Å². The van der Waals surface area contributed by atoms with Crippen molar-refractivity contribution in [2.45, 2.75) is 56.3 Å². The molecule has 0 spiro atoms. The number of nitrogens with zero attached hydrogens (tertiary/aromatic N) is 2. The smallest absolute Gasteiger partial charge is 0.290 e. The van der Waals surface area contributed by atoms with E-state index in [1.54, 1.807) is 0 Å². The van der Waals surface area contributed by atoms with Gasteiger partial charge in [0.2, 0.25) is 0 Å². The first-order chi connectivity index (χ1) is 7.34. The van der Waals surface area contributed by atoms with E-state index in [2.05, 4.69) is 17.0 Å². The minimum Gasteiger partial charge on any atom is -0.290 e. The molecule has 3 rings (SSSR count). The molecule has 15 heavy (non-hydrogen) atoms. The predicted octanol–water partition coefficient (Wildman–Crippen LogP) is 2.51. The van der Waals surface area contributed by atoms with Crippen molar-refractivity contribution >= 4 is 0 Å². The lowest BCUT2D eigenvalue weighted by molar-refractivity contribution is -0.210. The van der Waals surface area contributed by atoms with Crippen LogP contribution in [0, 0.1) is 6.57 Å². The van der Waals surface area contributed by atoms with Gasteiger partial charge in [-0.05, 0) is 12.8 Å². The quantitative estimate of drug-likeness (QED) is 0.482. The van der Waals surface area contributed by atoms with E-state index in [-0.39, 0.29) is 11.8 Å². The highest BCUT2D eigenvalue weighted by atomic mass is 16.7. The highest BCUT2D eigenvalue weighted by Crippen LogP contribution is 2.42. The molecule has 0 aromatic heterocycles. The Morgan fingerprint density at radius 2 is 2.07 bits per heavy atom. The lowest BCUT2D eigenvalue weighted by Crippen LogP contribution is -2.49. The first kappa shape index (κ1) is 9.38. The van der Waals surface area contributed by atoms with E-state index < -0.39 is 0 Å². The summed E-state index contributed by atoms with van der Waals surface area (Å²) in [4.78, 5) is 9.72. The zero-order valence-electron chi connectivity index (χ0n) is 8.85. The average Bonchev–Trinajstić information content (AvgIpc) is 2.92. The van der Waals surface area contributed by atoms with Crippen molar-refractivity contribution in [1.82, 2.24) is 5.06 Å². The Morgan fingerprint density at radius 1 is 1.27 bits per heavy atom. The Hall–Kier alpha value is -0.850. The second-order valence-corrected chi connectivity index (χ2v) is 4.81. The van der Waals surface area contributed by atoms with Crippen LogP contribution in [0.2, 0.25) is 0 Å². The molecule has 0 aromatic rings. The van der Waals surface area contributed by atoms with Gasteiger partial charge in [0.15, 0.2) is 0 Å². The molecular formula is C12H16N2O.